The lowest BCUT2D eigenvalue weighted by Gasteiger charge is -2.09. The average Bonchev–Trinajstić information content (AvgIpc) is 2.85. The molecule has 0 radical (unpaired) electrons. The van der Waals surface area contributed by atoms with E-state index >= 15 is 0 Å². The number of esters is 1. The van der Waals surface area contributed by atoms with Crippen LogP contribution in [0.1, 0.15) is 38.8 Å². The molecule has 0 saturated heterocycles. The second-order valence-corrected chi connectivity index (χ2v) is 8.29. The van der Waals surface area contributed by atoms with Gasteiger partial charge in [-0.1, -0.05) is 33.6 Å². The van der Waals surface area contributed by atoms with Crippen LogP contribution in [-0.2, 0) is 4.79 Å². The Labute approximate surface area is 211 Å². The molecule has 0 atom stereocenters. The SMILES string of the molecule is CCOc1ccc(C(=O)Oc2ccc(Br)cc2C=NNC(=O)CNC(=O)c2ccc(C)cc2)cc1. The Morgan fingerprint density at radius 1 is 0.971 bits per heavy atom. The zero-order chi connectivity index (χ0) is 25.2. The monoisotopic (exact) mass is 537 g/mol. The average molecular weight is 538 g/mol. The predicted octanol–water partition coefficient (Wildman–Crippen LogP) is 4.26. The van der Waals surface area contributed by atoms with Crippen LogP contribution in [0.25, 0.3) is 0 Å². The Bertz CT molecular complexity index is 1220. The fourth-order valence-electron chi connectivity index (χ4n) is 2.91. The zero-order valence-corrected chi connectivity index (χ0v) is 20.8. The summed E-state index contributed by atoms with van der Waals surface area (Å²) in [5, 5.41) is 6.45. The first-order chi connectivity index (χ1) is 16.9. The van der Waals surface area contributed by atoms with Gasteiger partial charge in [-0.25, -0.2) is 10.2 Å². The minimum Gasteiger partial charge on any atom is -0.494 e. The number of hydrogen-bond acceptors (Lipinski definition) is 6. The normalized spacial score (nSPS) is 10.6. The largest absolute Gasteiger partial charge is 0.494 e. The van der Waals surface area contributed by atoms with Crippen LogP contribution in [0.3, 0.4) is 0 Å². The molecule has 2 amide bonds. The third kappa shape index (κ3) is 7.79. The van der Waals surface area contributed by atoms with Crippen LogP contribution in [-0.4, -0.2) is 37.1 Å². The van der Waals surface area contributed by atoms with Crippen molar-refractivity contribution in [2.24, 2.45) is 5.10 Å². The van der Waals surface area contributed by atoms with Crippen molar-refractivity contribution < 1.29 is 23.9 Å². The van der Waals surface area contributed by atoms with E-state index in [-0.39, 0.29) is 18.2 Å². The number of benzene rings is 3. The number of halogens is 1. The molecule has 9 heteroatoms. The van der Waals surface area contributed by atoms with Gasteiger partial charge in [-0.3, -0.25) is 9.59 Å². The van der Waals surface area contributed by atoms with Crippen LogP contribution < -0.4 is 20.2 Å². The second-order valence-electron chi connectivity index (χ2n) is 7.37. The summed E-state index contributed by atoms with van der Waals surface area (Å²) in [5.74, 6) is -0.499. The van der Waals surface area contributed by atoms with E-state index in [1.54, 1.807) is 54.6 Å². The molecule has 35 heavy (non-hydrogen) atoms. The van der Waals surface area contributed by atoms with Crippen molar-refractivity contribution >= 4 is 39.9 Å². The topological polar surface area (TPSA) is 106 Å². The minimum atomic E-state index is -0.548. The second kappa shape index (κ2) is 12.5. The third-order valence-corrected chi connectivity index (χ3v) is 5.18. The highest BCUT2D eigenvalue weighted by Crippen LogP contribution is 2.23. The first-order valence-corrected chi connectivity index (χ1v) is 11.6. The molecule has 8 nitrogen and oxygen atoms in total. The number of aryl methyl sites for hydroxylation is 1. The van der Waals surface area contributed by atoms with Crippen molar-refractivity contribution in [1.82, 2.24) is 10.7 Å². The molecule has 2 N–H and O–H groups in total. The van der Waals surface area contributed by atoms with Crippen LogP contribution >= 0.6 is 15.9 Å². The maximum Gasteiger partial charge on any atom is 0.343 e. The molecule has 0 bridgehead atoms. The zero-order valence-electron chi connectivity index (χ0n) is 19.2. The number of carbonyl (C=O) groups excluding carboxylic acids is 3. The summed E-state index contributed by atoms with van der Waals surface area (Å²) < 4.78 is 11.6. The van der Waals surface area contributed by atoms with Crippen molar-refractivity contribution in [3.05, 3.63) is 93.5 Å². The Morgan fingerprint density at radius 2 is 1.66 bits per heavy atom. The third-order valence-electron chi connectivity index (χ3n) is 4.69. The Morgan fingerprint density at radius 3 is 2.34 bits per heavy atom. The van der Waals surface area contributed by atoms with Gasteiger partial charge in [0, 0.05) is 15.6 Å². The lowest BCUT2D eigenvalue weighted by Crippen LogP contribution is -2.34. The molecule has 0 aromatic heterocycles. The number of hydrazone groups is 1. The molecule has 180 valence electrons. The van der Waals surface area contributed by atoms with Gasteiger partial charge in [0.25, 0.3) is 11.8 Å². The smallest absolute Gasteiger partial charge is 0.343 e. The molecule has 0 aliphatic rings. The Kier molecular flexibility index (Phi) is 9.14. The van der Waals surface area contributed by atoms with Gasteiger partial charge in [0.05, 0.1) is 24.9 Å². The molecule has 3 aromatic carbocycles. The molecule has 0 unspecified atom stereocenters. The van der Waals surface area contributed by atoms with Crippen molar-refractivity contribution in [1.29, 1.82) is 0 Å². The maximum atomic E-state index is 12.6. The Balaban J connectivity index is 1.58. The minimum absolute atomic E-state index is 0.248. The summed E-state index contributed by atoms with van der Waals surface area (Å²) in [4.78, 5) is 36.7. The molecule has 3 rings (SSSR count). The van der Waals surface area contributed by atoms with Gasteiger partial charge in [0.1, 0.15) is 11.5 Å². The van der Waals surface area contributed by atoms with E-state index in [0.29, 0.717) is 29.0 Å². The Hall–Kier alpha value is -3.98. The molecule has 0 saturated carbocycles. The number of hydrogen-bond donors (Lipinski definition) is 2. The fourth-order valence-corrected chi connectivity index (χ4v) is 3.29. The van der Waals surface area contributed by atoms with Gasteiger partial charge in [-0.2, -0.15) is 5.10 Å². The van der Waals surface area contributed by atoms with Crippen LogP contribution in [0.15, 0.2) is 76.3 Å². The van der Waals surface area contributed by atoms with Crippen LogP contribution in [0.5, 0.6) is 11.5 Å². The van der Waals surface area contributed by atoms with Crippen molar-refractivity contribution in [2.75, 3.05) is 13.2 Å². The molecule has 0 spiro atoms. The van der Waals surface area contributed by atoms with E-state index in [4.69, 9.17) is 9.47 Å². The van der Waals surface area contributed by atoms with E-state index in [1.165, 1.54) is 6.21 Å². The summed E-state index contributed by atoms with van der Waals surface area (Å²) in [7, 11) is 0. The maximum absolute atomic E-state index is 12.6. The lowest BCUT2D eigenvalue weighted by atomic mass is 10.1. The van der Waals surface area contributed by atoms with E-state index in [2.05, 4.69) is 31.8 Å². The number of ether oxygens (including phenoxy) is 2. The van der Waals surface area contributed by atoms with Gasteiger partial charge in [0.15, 0.2) is 0 Å². The number of amides is 2. The van der Waals surface area contributed by atoms with E-state index < -0.39 is 11.9 Å². The van der Waals surface area contributed by atoms with Gasteiger partial charge >= 0.3 is 5.97 Å². The molecule has 3 aromatic rings. The van der Waals surface area contributed by atoms with Crippen LogP contribution in [0.2, 0.25) is 0 Å². The lowest BCUT2D eigenvalue weighted by molar-refractivity contribution is -0.120. The van der Waals surface area contributed by atoms with E-state index in [1.807, 2.05) is 26.0 Å². The van der Waals surface area contributed by atoms with E-state index in [0.717, 1.165) is 10.0 Å². The summed E-state index contributed by atoms with van der Waals surface area (Å²) in [6.45, 7) is 4.08. The molecular formula is C26H24BrN3O5. The first-order valence-electron chi connectivity index (χ1n) is 10.8. The number of rotatable bonds is 9. The summed E-state index contributed by atoms with van der Waals surface area (Å²) in [6.07, 6.45) is 1.35. The van der Waals surface area contributed by atoms with Gasteiger partial charge in [-0.15, -0.1) is 0 Å². The highest BCUT2D eigenvalue weighted by molar-refractivity contribution is 9.10. The quantitative estimate of drug-likeness (QED) is 0.183. The van der Waals surface area contributed by atoms with Gasteiger partial charge in [0.2, 0.25) is 0 Å². The van der Waals surface area contributed by atoms with Crippen LogP contribution in [0.4, 0.5) is 0 Å². The highest BCUT2D eigenvalue weighted by Gasteiger charge is 2.12. The van der Waals surface area contributed by atoms with Crippen LogP contribution in [0, 0.1) is 6.92 Å². The predicted molar refractivity (Wildman–Crippen MR) is 136 cm³/mol. The van der Waals surface area contributed by atoms with Gasteiger partial charge < -0.3 is 14.8 Å². The number of nitrogens with zero attached hydrogens (tertiary/aromatic N) is 1. The van der Waals surface area contributed by atoms with Gasteiger partial charge in [-0.05, 0) is 68.4 Å². The fraction of sp³-hybridized carbons (Fsp3) is 0.154. The molecule has 0 fully saturated rings. The molecule has 0 heterocycles. The van der Waals surface area contributed by atoms with E-state index in [9.17, 15) is 14.4 Å². The standard InChI is InChI=1S/C26H24BrN3O5/c1-3-34-22-11-8-19(9-12-22)26(33)35-23-13-10-21(27)14-20(23)15-29-30-24(31)16-28-25(32)18-6-4-17(2)5-7-18/h4-15H,3,16H2,1-2H3,(H,28,32)(H,30,31). The van der Waals surface area contributed by atoms with Crippen molar-refractivity contribution in [2.45, 2.75) is 13.8 Å². The van der Waals surface area contributed by atoms with Crippen molar-refractivity contribution in [3.63, 3.8) is 0 Å². The highest BCUT2D eigenvalue weighted by atomic mass is 79.9. The number of carbonyl (C=O) groups is 3. The summed E-state index contributed by atoms with van der Waals surface area (Å²) >= 11 is 3.37. The molecular weight excluding hydrogens is 514 g/mol. The summed E-state index contributed by atoms with van der Waals surface area (Å²) in [6, 6.07) is 18.6. The summed E-state index contributed by atoms with van der Waals surface area (Å²) in [5.41, 5.74) is 4.65. The first kappa shape index (κ1) is 25.6. The number of nitrogens with one attached hydrogen (secondary N) is 2. The molecule has 0 aliphatic carbocycles. The van der Waals surface area contributed by atoms with Crippen molar-refractivity contribution in [3.8, 4) is 11.5 Å². The molecule has 0 aliphatic heterocycles.